The lowest BCUT2D eigenvalue weighted by Crippen LogP contribution is -2.40. The minimum Gasteiger partial charge on any atom is -0.497 e. The quantitative estimate of drug-likeness (QED) is 0.904. The highest BCUT2D eigenvalue weighted by molar-refractivity contribution is 5.79. The number of carbonyl (C=O) groups is 1. The minimum atomic E-state index is 0.116. The van der Waals surface area contributed by atoms with Crippen LogP contribution in [0.25, 0.3) is 0 Å². The van der Waals surface area contributed by atoms with Crippen LogP contribution in [0, 0.1) is 0 Å². The first kappa shape index (κ1) is 17.0. The van der Waals surface area contributed by atoms with Gasteiger partial charge in [0, 0.05) is 13.1 Å². The largest absolute Gasteiger partial charge is 0.497 e. The summed E-state index contributed by atoms with van der Waals surface area (Å²) >= 11 is 0. The second kappa shape index (κ2) is 7.45. The zero-order valence-electron chi connectivity index (χ0n) is 15.1. The summed E-state index contributed by atoms with van der Waals surface area (Å²) < 4.78 is 7.43. The zero-order chi connectivity index (χ0) is 17.9. The normalized spacial score (nSPS) is 19.9. The number of hydrogen-bond donors (Lipinski definition) is 1. The molecule has 0 saturated carbocycles. The molecule has 1 amide bonds. The molecule has 0 unspecified atom stereocenters. The van der Waals surface area contributed by atoms with Gasteiger partial charge in [0.15, 0.2) is 5.82 Å². The van der Waals surface area contributed by atoms with Gasteiger partial charge in [-0.3, -0.25) is 4.79 Å². The van der Waals surface area contributed by atoms with Crippen molar-refractivity contribution in [3.8, 4) is 5.75 Å². The molecule has 2 aliphatic rings. The summed E-state index contributed by atoms with van der Waals surface area (Å²) in [6.07, 6.45) is 3.94. The molecule has 7 nitrogen and oxygen atoms in total. The molecule has 138 valence electrons. The summed E-state index contributed by atoms with van der Waals surface area (Å²) in [5.74, 6) is 2.81. The van der Waals surface area contributed by atoms with Gasteiger partial charge in [-0.2, -0.15) is 0 Å². The van der Waals surface area contributed by atoms with E-state index in [1.807, 2.05) is 29.2 Å². The molecular formula is C19H25N5O2. The Morgan fingerprint density at radius 2 is 2.23 bits per heavy atom. The summed E-state index contributed by atoms with van der Waals surface area (Å²) in [4.78, 5) is 14.6. The van der Waals surface area contributed by atoms with Gasteiger partial charge < -0.3 is 19.5 Å². The van der Waals surface area contributed by atoms with Crippen molar-refractivity contribution < 1.29 is 9.53 Å². The second-order valence-corrected chi connectivity index (χ2v) is 6.97. The van der Waals surface area contributed by atoms with E-state index in [0.29, 0.717) is 25.6 Å². The van der Waals surface area contributed by atoms with Crippen LogP contribution in [0.3, 0.4) is 0 Å². The Morgan fingerprint density at radius 1 is 1.31 bits per heavy atom. The average Bonchev–Trinajstić information content (AvgIpc) is 3.12. The van der Waals surface area contributed by atoms with E-state index in [-0.39, 0.29) is 5.91 Å². The Morgan fingerprint density at radius 3 is 3.04 bits per heavy atom. The number of aromatic nitrogens is 3. The van der Waals surface area contributed by atoms with E-state index in [0.717, 1.165) is 42.5 Å². The summed E-state index contributed by atoms with van der Waals surface area (Å²) in [6, 6.07) is 7.97. The van der Waals surface area contributed by atoms with Gasteiger partial charge in [-0.05, 0) is 37.1 Å². The summed E-state index contributed by atoms with van der Waals surface area (Å²) in [5, 5.41) is 12.3. The van der Waals surface area contributed by atoms with Crippen LogP contribution in [0.15, 0.2) is 24.3 Å². The fourth-order valence-corrected chi connectivity index (χ4v) is 3.79. The number of benzene rings is 1. The molecule has 1 aromatic carbocycles. The van der Waals surface area contributed by atoms with E-state index in [1.54, 1.807) is 7.11 Å². The van der Waals surface area contributed by atoms with Crippen molar-refractivity contribution in [3.05, 3.63) is 41.5 Å². The van der Waals surface area contributed by atoms with E-state index in [1.165, 1.54) is 12.8 Å². The van der Waals surface area contributed by atoms with Gasteiger partial charge in [-0.15, -0.1) is 10.2 Å². The van der Waals surface area contributed by atoms with E-state index in [2.05, 4.69) is 20.1 Å². The predicted octanol–water partition coefficient (Wildman–Crippen LogP) is 1.69. The number of nitrogens with zero attached hydrogens (tertiary/aromatic N) is 4. The van der Waals surface area contributed by atoms with Crippen LogP contribution in [0.1, 0.15) is 42.5 Å². The van der Waals surface area contributed by atoms with Gasteiger partial charge in [0.2, 0.25) is 5.91 Å². The van der Waals surface area contributed by atoms with Crippen molar-refractivity contribution in [2.75, 3.05) is 20.2 Å². The smallest absolute Gasteiger partial charge is 0.227 e. The van der Waals surface area contributed by atoms with Gasteiger partial charge in [0.1, 0.15) is 11.6 Å². The number of piperidine rings is 1. The van der Waals surface area contributed by atoms with Crippen LogP contribution in [0.5, 0.6) is 5.75 Å². The van der Waals surface area contributed by atoms with Gasteiger partial charge >= 0.3 is 0 Å². The van der Waals surface area contributed by atoms with E-state index in [4.69, 9.17) is 4.74 Å². The molecule has 2 aliphatic heterocycles. The first-order chi connectivity index (χ1) is 12.7. The number of ether oxygens (including phenoxy) is 1. The maximum Gasteiger partial charge on any atom is 0.227 e. The molecule has 1 saturated heterocycles. The SMILES string of the molecule is COc1cccc(CC(=O)N2CCn3c(nnc3[C@@H]3CCCCN3)C2)c1. The molecule has 26 heavy (non-hydrogen) atoms. The fourth-order valence-electron chi connectivity index (χ4n) is 3.79. The van der Waals surface area contributed by atoms with E-state index in [9.17, 15) is 4.79 Å². The van der Waals surface area contributed by atoms with Crippen LogP contribution >= 0.6 is 0 Å². The molecule has 3 heterocycles. The molecule has 0 radical (unpaired) electrons. The van der Waals surface area contributed by atoms with Crippen LogP contribution in [-0.4, -0.2) is 45.8 Å². The van der Waals surface area contributed by atoms with Crippen LogP contribution in [0.4, 0.5) is 0 Å². The Labute approximate surface area is 153 Å². The van der Waals surface area contributed by atoms with Gasteiger partial charge in [-0.1, -0.05) is 18.6 Å². The number of hydrogen-bond acceptors (Lipinski definition) is 5. The number of methoxy groups -OCH3 is 1. The van der Waals surface area contributed by atoms with Crippen LogP contribution in [0.2, 0.25) is 0 Å². The Hall–Kier alpha value is -2.41. The van der Waals surface area contributed by atoms with Crippen molar-refractivity contribution in [2.24, 2.45) is 0 Å². The van der Waals surface area contributed by atoms with Crippen LogP contribution < -0.4 is 10.1 Å². The third-order valence-electron chi connectivity index (χ3n) is 5.25. The number of rotatable bonds is 4. The lowest BCUT2D eigenvalue weighted by Gasteiger charge is -2.30. The second-order valence-electron chi connectivity index (χ2n) is 6.97. The highest BCUT2D eigenvalue weighted by Crippen LogP contribution is 2.24. The third kappa shape index (κ3) is 3.44. The molecular weight excluding hydrogens is 330 g/mol. The molecule has 1 aromatic heterocycles. The minimum absolute atomic E-state index is 0.116. The number of fused-ring (bicyclic) bond motifs is 1. The molecule has 1 atom stereocenters. The third-order valence-corrected chi connectivity index (χ3v) is 5.25. The van der Waals surface area contributed by atoms with Crippen LogP contribution in [-0.2, 0) is 24.3 Å². The first-order valence-corrected chi connectivity index (χ1v) is 9.30. The summed E-state index contributed by atoms with van der Waals surface area (Å²) in [7, 11) is 1.64. The monoisotopic (exact) mass is 355 g/mol. The number of carbonyl (C=O) groups excluding carboxylic acids is 1. The lowest BCUT2D eigenvalue weighted by atomic mass is 10.0. The van der Waals surface area contributed by atoms with E-state index < -0.39 is 0 Å². The predicted molar refractivity (Wildman–Crippen MR) is 96.7 cm³/mol. The molecule has 0 bridgehead atoms. The highest BCUT2D eigenvalue weighted by atomic mass is 16.5. The Balaban J connectivity index is 1.43. The molecule has 1 fully saturated rings. The van der Waals surface area contributed by atoms with Crippen molar-refractivity contribution in [2.45, 2.75) is 44.8 Å². The number of nitrogens with one attached hydrogen (secondary N) is 1. The Bertz CT molecular complexity index is 782. The lowest BCUT2D eigenvalue weighted by molar-refractivity contribution is -0.132. The first-order valence-electron chi connectivity index (χ1n) is 9.30. The maximum atomic E-state index is 12.7. The van der Waals surface area contributed by atoms with Crippen molar-refractivity contribution in [1.82, 2.24) is 25.0 Å². The van der Waals surface area contributed by atoms with Crippen molar-refractivity contribution in [3.63, 3.8) is 0 Å². The molecule has 0 aliphatic carbocycles. The standard InChI is InChI=1S/C19H25N5O2/c1-26-15-6-4-5-14(11-15)12-18(25)23-9-10-24-17(13-23)21-22-19(24)16-7-2-3-8-20-16/h4-6,11,16,20H,2-3,7-10,12-13H2,1H3/t16-/m0/s1. The topological polar surface area (TPSA) is 72.3 Å². The molecule has 0 spiro atoms. The fraction of sp³-hybridized carbons (Fsp3) is 0.526. The average molecular weight is 355 g/mol. The maximum absolute atomic E-state index is 12.7. The van der Waals surface area contributed by atoms with Gasteiger partial charge in [-0.25, -0.2) is 0 Å². The molecule has 1 N–H and O–H groups in total. The van der Waals surface area contributed by atoms with Crippen molar-refractivity contribution in [1.29, 1.82) is 0 Å². The molecule has 2 aromatic rings. The van der Waals surface area contributed by atoms with Gasteiger partial charge in [0.05, 0.1) is 26.1 Å². The molecule has 7 heteroatoms. The Kier molecular flexibility index (Phi) is 4.88. The number of amides is 1. The van der Waals surface area contributed by atoms with Crippen molar-refractivity contribution >= 4 is 5.91 Å². The summed E-state index contributed by atoms with van der Waals surface area (Å²) in [5.41, 5.74) is 0.966. The van der Waals surface area contributed by atoms with E-state index >= 15 is 0 Å². The summed E-state index contributed by atoms with van der Waals surface area (Å²) in [6.45, 7) is 3.04. The van der Waals surface area contributed by atoms with Gasteiger partial charge in [0.25, 0.3) is 0 Å². The molecule has 4 rings (SSSR count). The zero-order valence-corrected chi connectivity index (χ0v) is 15.1. The highest BCUT2D eigenvalue weighted by Gasteiger charge is 2.28.